The van der Waals surface area contributed by atoms with Crippen LogP contribution >= 0.6 is 0 Å². The van der Waals surface area contributed by atoms with Gasteiger partial charge in [0.1, 0.15) is 11.5 Å². The van der Waals surface area contributed by atoms with E-state index < -0.39 is 15.3 Å². The predicted molar refractivity (Wildman–Crippen MR) is 246 cm³/mol. The van der Waals surface area contributed by atoms with E-state index in [-0.39, 0.29) is 9.79 Å². The van der Waals surface area contributed by atoms with Crippen LogP contribution in [0.15, 0.2) is 216 Å². The number of hydrogen-bond donors (Lipinski definition) is 0. The largest absolute Gasteiger partial charge is 0.457 e. The Hall–Kier alpha value is -7.98. The van der Waals surface area contributed by atoms with Crippen LogP contribution in [0.2, 0.25) is 0 Å². The standard InChI is InChI=1S/C56H34N2O3S/c57-35-36-22-26-52-46(30-36)47-32-38(23-27-53(47)58(52)41-13-3-1-4-14-41)40-25-29-55-51(34-40)56(48-20-9-7-18-44(48)45-19-8-10-21-49(45)56)50-33-39(24-28-54(50)61-55)37-12-11-17-43(31-37)62(59,60)42-15-5-2-6-16-42/h1-34H. The Balaban J connectivity index is 1.07. The van der Waals surface area contributed by atoms with Crippen LogP contribution in [0.3, 0.4) is 0 Å². The van der Waals surface area contributed by atoms with Gasteiger partial charge in [0, 0.05) is 27.6 Å². The predicted octanol–water partition coefficient (Wildman–Crippen LogP) is 13.3. The Morgan fingerprint density at radius 2 is 0.968 bits per heavy atom. The van der Waals surface area contributed by atoms with E-state index in [1.165, 1.54) is 0 Å². The number of nitriles is 1. The highest BCUT2D eigenvalue weighted by molar-refractivity contribution is 7.91. The van der Waals surface area contributed by atoms with E-state index in [2.05, 4.69) is 114 Å². The second kappa shape index (κ2) is 13.5. The van der Waals surface area contributed by atoms with Gasteiger partial charge in [-0.15, -0.1) is 0 Å². The van der Waals surface area contributed by atoms with E-state index in [1.54, 1.807) is 36.4 Å². The van der Waals surface area contributed by atoms with Gasteiger partial charge in [-0.1, -0.05) is 115 Å². The molecular formula is C56H34N2O3S. The lowest BCUT2D eigenvalue weighted by Gasteiger charge is -2.40. The molecule has 5 nitrogen and oxygen atoms in total. The van der Waals surface area contributed by atoms with Crippen molar-refractivity contribution in [3.8, 4) is 56.6 Å². The molecule has 12 rings (SSSR count). The average Bonchev–Trinajstić information content (AvgIpc) is 3.82. The van der Waals surface area contributed by atoms with Crippen LogP contribution in [-0.2, 0) is 15.3 Å². The number of benzene rings is 9. The second-order valence-electron chi connectivity index (χ2n) is 16.0. The fraction of sp³-hybridized carbons (Fsp3) is 0.0179. The number of ether oxygens (including phenoxy) is 1. The highest BCUT2D eigenvalue weighted by Crippen LogP contribution is 2.62. The third-order valence-corrected chi connectivity index (χ3v) is 14.5. The van der Waals surface area contributed by atoms with Gasteiger partial charge >= 0.3 is 0 Å². The maximum absolute atomic E-state index is 13.8. The molecule has 62 heavy (non-hydrogen) atoms. The van der Waals surface area contributed by atoms with Crippen molar-refractivity contribution in [2.75, 3.05) is 0 Å². The van der Waals surface area contributed by atoms with E-state index >= 15 is 0 Å². The summed E-state index contributed by atoms with van der Waals surface area (Å²) < 4.78 is 36.8. The van der Waals surface area contributed by atoms with Crippen molar-refractivity contribution >= 4 is 31.6 Å². The Labute approximate surface area is 358 Å². The maximum atomic E-state index is 13.8. The van der Waals surface area contributed by atoms with Gasteiger partial charge in [0.05, 0.1) is 37.9 Å². The number of aromatic nitrogens is 1. The fourth-order valence-electron chi connectivity index (χ4n) is 9.97. The zero-order valence-corrected chi connectivity index (χ0v) is 34.0. The van der Waals surface area contributed by atoms with Crippen molar-refractivity contribution in [3.05, 3.63) is 234 Å². The summed E-state index contributed by atoms with van der Waals surface area (Å²) in [7, 11) is -3.74. The van der Waals surface area contributed by atoms with Gasteiger partial charge in [-0.05, 0) is 136 Å². The molecule has 1 aliphatic carbocycles. The third kappa shape index (κ3) is 5.16. The summed E-state index contributed by atoms with van der Waals surface area (Å²) in [5, 5.41) is 12.0. The summed E-state index contributed by atoms with van der Waals surface area (Å²) in [5.41, 5.74) is 13.4. The van der Waals surface area contributed by atoms with Crippen LogP contribution in [0.5, 0.6) is 11.5 Å². The van der Waals surface area contributed by atoms with Crippen LogP contribution in [0.4, 0.5) is 0 Å². The normalized spacial score (nSPS) is 13.2. The van der Waals surface area contributed by atoms with Gasteiger partial charge in [-0.2, -0.15) is 5.26 Å². The average molecular weight is 815 g/mol. The molecule has 1 spiro atoms. The van der Waals surface area contributed by atoms with Gasteiger partial charge in [-0.25, -0.2) is 8.42 Å². The van der Waals surface area contributed by atoms with Crippen LogP contribution in [-0.4, -0.2) is 13.0 Å². The highest BCUT2D eigenvalue weighted by Gasteiger charge is 2.51. The Morgan fingerprint density at radius 1 is 0.452 bits per heavy atom. The SMILES string of the molecule is N#Cc1ccc2c(c1)c1cc(-c3ccc4c(c3)C3(c5cc(-c6cccc(S(=O)(=O)c7ccccc7)c6)ccc5O4)c4ccccc4-c4ccccc43)ccc1n2-c1ccccc1. The number of para-hydroxylation sites is 1. The van der Waals surface area contributed by atoms with E-state index in [0.717, 1.165) is 94.6 Å². The van der Waals surface area contributed by atoms with Crippen molar-refractivity contribution in [1.29, 1.82) is 5.26 Å². The molecule has 1 aromatic heterocycles. The molecule has 1 aliphatic heterocycles. The van der Waals surface area contributed by atoms with Gasteiger partial charge in [0.15, 0.2) is 0 Å². The molecule has 0 saturated heterocycles. The summed E-state index contributed by atoms with van der Waals surface area (Å²) in [5.74, 6) is 1.52. The summed E-state index contributed by atoms with van der Waals surface area (Å²) in [4.78, 5) is 0.499. The molecule has 0 amide bonds. The molecule has 0 atom stereocenters. The smallest absolute Gasteiger partial charge is 0.206 e. The fourth-order valence-corrected chi connectivity index (χ4v) is 11.3. The number of sulfone groups is 1. The van der Waals surface area contributed by atoms with Crippen LogP contribution in [0, 0.1) is 11.3 Å². The molecule has 292 valence electrons. The number of nitrogens with zero attached hydrogens (tertiary/aromatic N) is 2. The minimum Gasteiger partial charge on any atom is -0.457 e. The first kappa shape index (κ1) is 35.9. The Bertz CT molecular complexity index is 3600. The maximum Gasteiger partial charge on any atom is 0.206 e. The number of rotatable bonds is 5. The van der Waals surface area contributed by atoms with E-state index in [4.69, 9.17) is 4.74 Å². The lowest BCUT2D eigenvalue weighted by Crippen LogP contribution is -2.32. The molecule has 0 unspecified atom stereocenters. The van der Waals surface area contributed by atoms with Crippen molar-refractivity contribution in [2.24, 2.45) is 0 Å². The molecule has 0 fully saturated rings. The van der Waals surface area contributed by atoms with E-state index in [1.807, 2.05) is 66.7 Å². The van der Waals surface area contributed by atoms with Gasteiger partial charge in [-0.3, -0.25) is 0 Å². The van der Waals surface area contributed by atoms with E-state index in [0.29, 0.717) is 5.56 Å². The quantitative estimate of drug-likeness (QED) is 0.173. The molecule has 0 radical (unpaired) electrons. The topological polar surface area (TPSA) is 72.1 Å². The molecule has 0 N–H and O–H groups in total. The number of hydrogen-bond acceptors (Lipinski definition) is 4. The second-order valence-corrected chi connectivity index (χ2v) is 17.9. The van der Waals surface area contributed by atoms with Crippen molar-refractivity contribution in [1.82, 2.24) is 4.57 Å². The van der Waals surface area contributed by atoms with Gasteiger partial charge < -0.3 is 9.30 Å². The molecule has 2 aliphatic rings. The monoisotopic (exact) mass is 814 g/mol. The molecule has 0 bridgehead atoms. The first-order chi connectivity index (χ1) is 30.4. The van der Waals surface area contributed by atoms with Gasteiger partial charge in [0.2, 0.25) is 9.84 Å². The van der Waals surface area contributed by atoms with Crippen molar-refractivity contribution in [2.45, 2.75) is 15.2 Å². The van der Waals surface area contributed by atoms with Crippen molar-refractivity contribution in [3.63, 3.8) is 0 Å². The summed E-state index contributed by atoms with van der Waals surface area (Å²) in [6.45, 7) is 0. The molecular weight excluding hydrogens is 781 g/mol. The zero-order valence-electron chi connectivity index (χ0n) is 33.2. The summed E-state index contributed by atoms with van der Waals surface area (Å²) in [6.07, 6.45) is 0. The lowest BCUT2D eigenvalue weighted by atomic mass is 9.65. The zero-order chi connectivity index (χ0) is 41.6. The minimum absolute atomic E-state index is 0.240. The molecule has 9 aromatic carbocycles. The highest BCUT2D eigenvalue weighted by atomic mass is 32.2. The molecule has 2 heterocycles. The molecule has 10 aromatic rings. The Kier molecular flexibility index (Phi) is 7.83. The first-order valence-electron chi connectivity index (χ1n) is 20.5. The van der Waals surface area contributed by atoms with Crippen LogP contribution in [0.1, 0.15) is 27.8 Å². The minimum atomic E-state index is -3.74. The molecule has 6 heteroatoms. The number of fused-ring (bicyclic) bond motifs is 12. The van der Waals surface area contributed by atoms with Crippen LogP contribution < -0.4 is 4.74 Å². The Morgan fingerprint density at radius 3 is 1.61 bits per heavy atom. The first-order valence-corrected chi connectivity index (χ1v) is 22.0. The van der Waals surface area contributed by atoms with Crippen molar-refractivity contribution < 1.29 is 13.2 Å². The third-order valence-electron chi connectivity index (χ3n) is 12.7. The van der Waals surface area contributed by atoms with Crippen LogP contribution in [0.25, 0.3) is 60.9 Å². The lowest BCUT2D eigenvalue weighted by molar-refractivity contribution is 0.436. The summed E-state index contributed by atoms with van der Waals surface area (Å²) >= 11 is 0. The van der Waals surface area contributed by atoms with Gasteiger partial charge in [0.25, 0.3) is 0 Å². The summed E-state index contributed by atoms with van der Waals surface area (Å²) in [6, 6.07) is 71.0. The molecule has 0 saturated carbocycles. The van der Waals surface area contributed by atoms with E-state index in [9.17, 15) is 13.7 Å².